The number of amides is 2. The van der Waals surface area contributed by atoms with Crippen LogP contribution in [0.5, 0.6) is 5.75 Å². The maximum absolute atomic E-state index is 12.5. The summed E-state index contributed by atoms with van der Waals surface area (Å²) in [5, 5.41) is 11.4. The molecule has 35 heavy (non-hydrogen) atoms. The van der Waals surface area contributed by atoms with Crippen molar-refractivity contribution in [2.75, 3.05) is 7.11 Å². The fraction of sp³-hybridized carbons (Fsp3) is 0.250. The first-order chi connectivity index (χ1) is 17.0. The predicted molar refractivity (Wildman–Crippen MR) is 135 cm³/mol. The Balaban J connectivity index is 1.29. The second kappa shape index (κ2) is 9.62. The number of aromatic nitrogens is 2. The van der Waals surface area contributed by atoms with Crippen LogP contribution in [-0.2, 0) is 17.9 Å². The van der Waals surface area contributed by atoms with Gasteiger partial charge in [-0.3, -0.25) is 14.3 Å². The zero-order chi connectivity index (χ0) is 24.4. The molecular formula is C28H28N4O3. The molecule has 0 aliphatic heterocycles. The molecule has 0 atom stereocenters. The van der Waals surface area contributed by atoms with E-state index in [0.29, 0.717) is 18.2 Å². The fourth-order valence-corrected chi connectivity index (χ4v) is 4.09. The van der Waals surface area contributed by atoms with E-state index in [4.69, 9.17) is 4.74 Å². The quantitative estimate of drug-likeness (QED) is 0.405. The van der Waals surface area contributed by atoms with Crippen molar-refractivity contribution in [1.29, 1.82) is 0 Å². The van der Waals surface area contributed by atoms with Crippen molar-refractivity contribution in [2.45, 2.75) is 38.9 Å². The third-order valence-electron chi connectivity index (χ3n) is 6.31. The number of hydrogen-bond acceptors (Lipinski definition) is 4. The Morgan fingerprint density at radius 2 is 1.86 bits per heavy atom. The highest BCUT2D eigenvalue weighted by molar-refractivity contribution is 5.96. The second-order valence-corrected chi connectivity index (χ2v) is 8.98. The van der Waals surface area contributed by atoms with Gasteiger partial charge in [0.25, 0.3) is 5.91 Å². The largest absolute Gasteiger partial charge is 0.497 e. The SMILES string of the molecule is COc1ccc(CNC(=O)Cn2ncc3cc(-c4cc(C(=O)NC5CC5)ccc4C)ccc32)cc1. The van der Waals surface area contributed by atoms with E-state index in [1.807, 2.05) is 61.5 Å². The van der Waals surface area contributed by atoms with E-state index in [9.17, 15) is 9.59 Å². The molecule has 7 heteroatoms. The van der Waals surface area contributed by atoms with Crippen molar-refractivity contribution in [1.82, 2.24) is 20.4 Å². The lowest BCUT2D eigenvalue weighted by atomic mass is 9.97. The molecular weight excluding hydrogens is 440 g/mol. The molecule has 0 saturated heterocycles. The van der Waals surface area contributed by atoms with Gasteiger partial charge in [0.05, 0.1) is 18.8 Å². The summed E-state index contributed by atoms with van der Waals surface area (Å²) in [7, 11) is 1.63. The van der Waals surface area contributed by atoms with Crippen LogP contribution in [0.2, 0.25) is 0 Å². The zero-order valence-electron chi connectivity index (χ0n) is 19.9. The Labute approximate surface area is 204 Å². The van der Waals surface area contributed by atoms with Gasteiger partial charge < -0.3 is 15.4 Å². The molecule has 0 spiro atoms. The fourth-order valence-electron chi connectivity index (χ4n) is 4.09. The first-order valence-electron chi connectivity index (χ1n) is 11.8. The smallest absolute Gasteiger partial charge is 0.251 e. The molecule has 4 aromatic rings. The summed E-state index contributed by atoms with van der Waals surface area (Å²) in [6.07, 6.45) is 3.89. The van der Waals surface area contributed by atoms with Crippen LogP contribution in [-0.4, -0.2) is 34.7 Å². The summed E-state index contributed by atoms with van der Waals surface area (Å²) in [5.41, 5.74) is 5.67. The van der Waals surface area contributed by atoms with Crippen molar-refractivity contribution in [2.24, 2.45) is 0 Å². The molecule has 1 heterocycles. The number of carbonyl (C=O) groups excluding carboxylic acids is 2. The number of nitrogens with zero attached hydrogens (tertiary/aromatic N) is 2. The van der Waals surface area contributed by atoms with Gasteiger partial charge >= 0.3 is 0 Å². The van der Waals surface area contributed by atoms with Gasteiger partial charge in [0, 0.05) is 23.5 Å². The summed E-state index contributed by atoms with van der Waals surface area (Å²) < 4.78 is 6.87. The van der Waals surface area contributed by atoms with Gasteiger partial charge in [-0.1, -0.05) is 24.3 Å². The molecule has 1 fully saturated rings. The maximum Gasteiger partial charge on any atom is 0.251 e. The van der Waals surface area contributed by atoms with Crippen LogP contribution in [0.4, 0.5) is 0 Å². The van der Waals surface area contributed by atoms with Crippen LogP contribution in [0.1, 0.15) is 34.3 Å². The van der Waals surface area contributed by atoms with Crippen LogP contribution >= 0.6 is 0 Å². The molecule has 1 aliphatic carbocycles. The van der Waals surface area contributed by atoms with Gasteiger partial charge in [0.1, 0.15) is 12.3 Å². The average molecular weight is 469 g/mol. The van der Waals surface area contributed by atoms with Crippen molar-refractivity contribution < 1.29 is 14.3 Å². The van der Waals surface area contributed by atoms with Crippen molar-refractivity contribution >= 4 is 22.7 Å². The monoisotopic (exact) mass is 468 g/mol. The van der Waals surface area contributed by atoms with Crippen molar-refractivity contribution in [3.8, 4) is 16.9 Å². The normalized spacial score (nSPS) is 13.0. The molecule has 3 aromatic carbocycles. The predicted octanol–water partition coefficient (Wildman–Crippen LogP) is 4.23. The Bertz CT molecular complexity index is 1390. The Morgan fingerprint density at radius 3 is 2.60 bits per heavy atom. The Kier molecular flexibility index (Phi) is 6.23. The number of rotatable bonds is 8. The second-order valence-electron chi connectivity index (χ2n) is 8.98. The number of carbonyl (C=O) groups is 2. The number of ether oxygens (including phenoxy) is 1. The third-order valence-corrected chi connectivity index (χ3v) is 6.31. The number of fused-ring (bicyclic) bond motifs is 1. The number of benzene rings is 3. The third kappa shape index (κ3) is 5.19. The molecule has 1 aliphatic rings. The summed E-state index contributed by atoms with van der Waals surface area (Å²) in [6, 6.07) is 19.8. The molecule has 7 nitrogen and oxygen atoms in total. The van der Waals surface area contributed by atoms with Crippen LogP contribution in [0.25, 0.3) is 22.0 Å². The Morgan fingerprint density at radius 1 is 1.06 bits per heavy atom. The first kappa shape index (κ1) is 22.7. The van der Waals surface area contributed by atoms with E-state index in [1.165, 1.54) is 0 Å². The molecule has 0 unspecified atom stereocenters. The minimum absolute atomic E-state index is 0.0247. The van der Waals surface area contributed by atoms with Gasteiger partial charge in [0.2, 0.25) is 5.91 Å². The van der Waals surface area contributed by atoms with Crippen LogP contribution in [0, 0.1) is 6.92 Å². The highest BCUT2D eigenvalue weighted by Gasteiger charge is 2.24. The average Bonchev–Trinajstić information content (AvgIpc) is 3.61. The van der Waals surface area contributed by atoms with Gasteiger partial charge in [-0.2, -0.15) is 5.10 Å². The molecule has 2 amide bonds. The number of methoxy groups -OCH3 is 1. The molecule has 1 aromatic heterocycles. The van der Waals surface area contributed by atoms with E-state index in [1.54, 1.807) is 18.0 Å². The standard InChI is InChI=1S/C28H28N4O3/c1-18-3-6-21(28(34)31-23-8-9-23)14-25(18)20-7-12-26-22(13-20)16-30-32(26)17-27(33)29-15-19-4-10-24(35-2)11-5-19/h3-7,10-14,16,23H,8-9,15,17H2,1-2H3,(H,29,33)(H,31,34). The summed E-state index contributed by atoms with van der Waals surface area (Å²) in [5.74, 6) is 0.648. The lowest BCUT2D eigenvalue weighted by Crippen LogP contribution is -2.27. The van der Waals surface area contributed by atoms with Crippen LogP contribution in [0.15, 0.2) is 66.9 Å². The highest BCUT2D eigenvalue weighted by Crippen LogP contribution is 2.28. The summed E-state index contributed by atoms with van der Waals surface area (Å²) in [4.78, 5) is 25.0. The van der Waals surface area contributed by atoms with E-state index in [2.05, 4.69) is 21.8 Å². The minimum Gasteiger partial charge on any atom is -0.497 e. The van der Waals surface area contributed by atoms with Crippen LogP contribution in [0.3, 0.4) is 0 Å². The minimum atomic E-state index is -0.111. The van der Waals surface area contributed by atoms with Crippen molar-refractivity contribution in [3.05, 3.63) is 83.6 Å². The number of hydrogen-bond donors (Lipinski definition) is 2. The Hall–Kier alpha value is -4.13. The molecule has 178 valence electrons. The molecule has 1 saturated carbocycles. The zero-order valence-corrected chi connectivity index (χ0v) is 19.9. The van der Waals surface area contributed by atoms with Gasteiger partial charge in [-0.05, 0) is 78.4 Å². The van der Waals surface area contributed by atoms with E-state index < -0.39 is 0 Å². The van der Waals surface area contributed by atoms with Gasteiger partial charge in [-0.15, -0.1) is 0 Å². The maximum atomic E-state index is 12.5. The molecule has 0 bridgehead atoms. The highest BCUT2D eigenvalue weighted by atomic mass is 16.5. The van der Waals surface area contributed by atoms with E-state index in [0.717, 1.165) is 51.7 Å². The van der Waals surface area contributed by atoms with E-state index >= 15 is 0 Å². The topological polar surface area (TPSA) is 85.2 Å². The van der Waals surface area contributed by atoms with E-state index in [-0.39, 0.29) is 18.4 Å². The summed E-state index contributed by atoms with van der Waals surface area (Å²) >= 11 is 0. The molecule has 5 rings (SSSR count). The number of aryl methyl sites for hydroxylation is 1. The molecule has 2 N–H and O–H groups in total. The van der Waals surface area contributed by atoms with Crippen molar-refractivity contribution in [3.63, 3.8) is 0 Å². The lowest BCUT2D eigenvalue weighted by Gasteiger charge is -2.11. The van der Waals surface area contributed by atoms with Gasteiger partial charge in [-0.25, -0.2) is 0 Å². The van der Waals surface area contributed by atoms with Crippen LogP contribution < -0.4 is 15.4 Å². The lowest BCUT2D eigenvalue weighted by molar-refractivity contribution is -0.121. The number of nitrogens with one attached hydrogen (secondary N) is 2. The molecule has 0 radical (unpaired) electrons. The first-order valence-corrected chi connectivity index (χ1v) is 11.8. The summed E-state index contributed by atoms with van der Waals surface area (Å²) in [6.45, 7) is 2.61. The van der Waals surface area contributed by atoms with Gasteiger partial charge in [0.15, 0.2) is 0 Å².